The fourth-order valence-corrected chi connectivity index (χ4v) is 2.78. The van der Waals surface area contributed by atoms with E-state index in [0.29, 0.717) is 16.9 Å². The molecule has 1 amide bonds. The van der Waals surface area contributed by atoms with Crippen LogP contribution in [0.1, 0.15) is 21.5 Å². The molecule has 0 saturated carbocycles. The first-order valence-electron chi connectivity index (χ1n) is 8.17. The lowest BCUT2D eigenvalue weighted by Crippen LogP contribution is -2.11. The van der Waals surface area contributed by atoms with Gasteiger partial charge in [-0.05, 0) is 61.9 Å². The SMILES string of the molecule is Cc1ccc(N=Nc2cc(C)ccc2NC(=O)c2cccc(Br)c2)cc1. The number of benzene rings is 3. The van der Waals surface area contributed by atoms with Crippen molar-refractivity contribution in [1.29, 1.82) is 0 Å². The lowest BCUT2D eigenvalue weighted by molar-refractivity contribution is 0.102. The highest BCUT2D eigenvalue weighted by atomic mass is 79.9. The van der Waals surface area contributed by atoms with Gasteiger partial charge in [0.25, 0.3) is 5.91 Å². The Morgan fingerprint density at radius 2 is 1.62 bits per heavy atom. The van der Waals surface area contributed by atoms with Crippen LogP contribution in [0.15, 0.2) is 81.4 Å². The summed E-state index contributed by atoms with van der Waals surface area (Å²) >= 11 is 3.38. The van der Waals surface area contributed by atoms with E-state index < -0.39 is 0 Å². The molecule has 0 aliphatic carbocycles. The third-order valence-corrected chi connectivity index (χ3v) is 4.29. The number of hydrogen-bond donors (Lipinski definition) is 1. The van der Waals surface area contributed by atoms with Crippen LogP contribution in [0.4, 0.5) is 17.1 Å². The number of nitrogens with one attached hydrogen (secondary N) is 1. The standard InChI is InChI=1S/C21H18BrN3O/c1-14-6-9-18(10-7-14)24-25-20-12-15(2)8-11-19(20)23-21(26)16-4-3-5-17(22)13-16/h3-13H,1-2H3,(H,23,26). The summed E-state index contributed by atoms with van der Waals surface area (Å²) in [6.07, 6.45) is 0. The molecular weight excluding hydrogens is 390 g/mol. The zero-order valence-corrected chi connectivity index (χ0v) is 16.1. The number of amides is 1. The second-order valence-electron chi connectivity index (χ2n) is 6.02. The van der Waals surface area contributed by atoms with Crippen LogP contribution >= 0.6 is 15.9 Å². The number of azo groups is 1. The van der Waals surface area contributed by atoms with E-state index in [2.05, 4.69) is 31.5 Å². The van der Waals surface area contributed by atoms with Gasteiger partial charge in [0.2, 0.25) is 0 Å². The van der Waals surface area contributed by atoms with Crippen LogP contribution in [-0.2, 0) is 0 Å². The maximum absolute atomic E-state index is 12.5. The molecule has 0 atom stereocenters. The van der Waals surface area contributed by atoms with Gasteiger partial charge in [0.15, 0.2) is 0 Å². The molecule has 0 aromatic heterocycles. The summed E-state index contributed by atoms with van der Waals surface area (Å²) in [4.78, 5) is 12.5. The summed E-state index contributed by atoms with van der Waals surface area (Å²) in [6, 6.07) is 20.7. The summed E-state index contributed by atoms with van der Waals surface area (Å²) < 4.78 is 0.855. The first-order chi connectivity index (χ1) is 12.5. The molecule has 0 aliphatic rings. The number of carbonyl (C=O) groups excluding carboxylic acids is 1. The van der Waals surface area contributed by atoms with Crippen LogP contribution in [0.2, 0.25) is 0 Å². The van der Waals surface area contributed by atoms with Crippen LogP contribution < -0.4 is 5.32 Å². The van der Waals surface area contributed by atoms with E-state index in [1.165, 1.54) is 5.56 Å². The predicted octanol–water partition coefficient (Wildman–Crippen LogP) is 6.73. The Hall–Kier alpha value is -2.79. The fourth-order valence-electron chi connectivity index (χ4n) is 2.38. The molecule has 0 saturated heterocycles. The molecule has 0 spiro atoms. The third-order valence-electron chi connectivity index (χ3n) is 3.80. The van der Waals surface area contributed by atoms with Crippen molar-refractivity contribution in [3.63, 3.8) is 0 Å². The van der Waals surface area contributed by atoms with Gasteiger partial charge in [0, 0.05) is 10.0 Å². The molecule has 0 heterocycles. The van der Waals surface area contributed by atoms with Crippen LogP contribution in [-0.4, -0.2) is 5.91 Å². The summed E-state index contributed by atoms with van der Waals surface area (Å²) in [7, 11) is 0. The smallest absolute Gasteiger partial charge is 0.255 e. The summed E-state index contributed by atoms with van der Waals surface area (Å²) in [5.41, 5.74) is 4.79. The number of carbonyl (C=O) groups is 1. The van der Waals surface area contributed by atoms with Gasteiger partial charge in [0.05, 0.1) is 11.4 Å². The second-order valence-corrected chi connectivity index (χ2v) is 6.94. The lowest BCUT2D eigenvalue weighted by atomic mass is 10.1. The number of nitrogens with zero attached hydrogens (tertiary/aromatic N) is 2. The Balaban J connectivity index is 1.86. The third kappa shape index (κ3) is 4.64. The fraction of sp³-hybridized carbons (Fsp3) is 0.0952. The highest BCUT2D eigenvalue weighted by molar-refractivity contribution is 9.10. The first kappa shape index (κ1) is 18.0. The van der Waals surface area contributed by atoms with E-state index in [0.717, 1.165) is 15.7 Å². The minimum atomic E-state index is -0.193. The van der Waals surface area contributed by atoms with Crippen LogP contribution in [0, 0.1) is 13.8 Å². The van der Waals surface area contributed by atoms with E-state index in [1.54, 1.807) is 12.1 Å². The van der Waals surface area contributed by atoms with Crippen molar-refractivity contribution in [2.75, 3.05) is 5.32 Å². The van der Waals surface area contributed by atoms with Gasteiger partial charge < -0.3 is 5.32 Å². The Morgan fingerprint density at radius 3 is 2.35 bits per heavy atom. The maximum atomic E-state index is 12.5. The van der Waals surface area contributed by atoms with Gasteiger partial charge in [-0.1, -0.05) is 45.8 Å². The molecule has 0 aliphatic heterocycles. The Labute approximate surface area is 161 Å². The summed E-state index contributed by atoms with van der Waals surface area (Å²) in [5.74, 6) is -0.193. The van der Waals surface area contributed by atoms with E-state index in [-0.39, 0.29) is 5.91 Å². The monoisotopic (exact) mass is 407 g/mol. The van der Waals surface area contributed by atoms with Gasteiger partial charge >= 0.3 is 0 Å². The highest BCUT2D eigenvalue weighted by Gasteiger charge is 2.10. The average molecular weight is 408 g/mol. The molecule has 3 rings (SSSR count). The topological polar surface area (TPSA) is 53.8 Å². The van der Waals surface area contributed by atoms with E-state index in [4.69, 9.17) is 0 Å². The molecule has 1 N–H and O–H groups in total. The van der Waals surface area contributed by atoms with Gasteiger partial charge in [-0.25, -0.2) is 0 Å². The minimum Gasteiger partial charge on any atom is -0.320 e. The molecule has 3 aromatic carbocycles. The molecule has 26 heavy (non-hydrogen) atoms. The Kier molecular flexibility index (Phi) is 5.58. The maximum Gasteiger partial charge on any atom is 0.255 e. The molecule has 5 heteroatoms. The second kappa shape index (κ2) is 8.06. The van der Waals surface area contributed by atoms with Gasteiger partial charge in [-0.15, -0.1) is 5.11 Å². The van der Waals surface area contributed by atoms with Crippen LogP contribution in [0.5, 0.6) is 0 Å². The quantitative estimate of drug-likeness (QED) is 0.478. The number of halogens is 1. The Bertz CT molecular complexity index is 965. The van der Waals surface area contributed by atoms with Crippen LogP contribution in [0.25, 0.3) is 0 Å². The number of rotatable bonds is 4. The van der Waals surface area contributed by atoms with Crippen molar-refractivity contribution in [3.05, 3.63) is 87.9 Å². The normalized spacial score (nSPS) is 10.9. The highest BCUT2D eigenvalue weighted by Crippen LogP contribution is 2.29. The number of anilines is 1. The largest absolute Gasteiger partial charge is 0.320 e. The molecule has 4 nitrogen and oxygen atoms in total. The minimum absolute atomic E-state index is 0.193. The summed E-state index contributed by atoms with van der Waals surface area (Å²) in [5, 5.41) is 11.5. The van der Waals surface area contributed by atoms with Gasteiger partial charge in [-0.3, -0.25) is 4.79 Å². The zero-order chi connectivity index (χ0) is 18.5. The average Bonchev–Trinajstić information content (AvgIpc) is 2.63. The van der Waals surface area contributed by atoms with E-state index in [1.807, 2.05) is 68.4 Å². The molecule has 0 bridgehead atoms. The molecule has 0 unspecified atom stereocenters. The van der Waals surface area contributed by atoms with Crippen molar-refractivity contribution in [3.8, 4) is 0 Å². The Morgan fingerprint density at radius 1 is 0.885 bits per heavy atom. The van der Waals surface area contributed by atoms with Gasteiger partial charge in [-0.2, -0.15) is 5.11 Å². The number of hydrogen-bond acceptors (Lipinski definition) is 3. The number of aryl methyl sites for hydroxylation is 2. The lowest BCUT2D eigenvalue weighted by Gasteiger charge is -2.09. The molecule has 0 fully saturated rings. The van der Waals surface area contributed by atoms with Crippen molar-refractivity contribution >= 4 is 38.9 Å². The van der Waals surface area contributed by atoms with E-state index >= 15 is 0 Å². The van der Waals surface area contributed by atoms with Crippen molar-refractivity contribution in [2.45, 2.75) is 13.8 Å². The van der Waals surface area contributed by atoms with Crippen molar-refractivity contribution < 1.29 is 4.79 Å². The van der Waals surface area contributed by atoms with Gasteiger partial charge in [0.1, 0.15) is 5.69 Å². The molecule has 130 valence electrons. The predicted molar refractivity (Wildman–Crippen MR) is 109 cm³/mol. The molecule has 3 aromatic rings. The van der Waals surface area contributed by atoms with Crippen LogP contribution in [0.3, 0.4) is 0 Å². The molecule has 0 radical (unpaired) electrons. The molecular formula is C21H18BrN3O. The first-order valence-corrected chi connectivity index (χ1v) is 8.96. The zero-order valence-electron chi connectivity index (χ0n) is 14.5. The summed E-state index contributed by atoms with van der Waals surface area (Å²) in [6.45, 7) is 4.00. The van der Waals surface area contributed by atoms with E-state index in [9.17, 15) is 4.79 Å². The van der Waals surface area contributed by atoms with Crippen molar-refractivity contribution in [1.82, 2.24) is 0 Å². The van der Waals surface area contributed by atoms with Crippen molar-refractivity contribution in [2.24, 2.45) is 10.2 Å².